The summed E-state index contributed by atoms with van der Waals surface area (Å²) in [6.45, 7) is 7.18. The molecule has 5 nitrogen and oxygen atoms in total. The van der Waals surface area contributed by atoms with Gasteiger partial charge in [-0.25, -0.2) is 0 Å². The maximum Gasteiger partial charge on any atom is 0.191 e. The first-order valence-electron chi connectivity index (χ1n) is 8.76. The average Bonchev–Trinajstić information content (AvgIpc) is 3.28. The van der Waals surface area contributed by atoms with Crippen molar-refractivity contribution < 1.29 is 0 Å². The standard InChI is InChI=1S/C18H28ClN5.HI/c1-13-11-16(13)22-18(20-2)21-12-14-15(19)5-4-6-17(14)24-9-7-23(3)8-10-24;/h4-6,13,16H,7-12H2,1-3H3,(H2,20,21,22);1H. The van der Waals surface area contributed by atoms with Gasteiger partial charge in [0, 0.05) is 62.1 Å². The first-order valence-corrected chi connectivity index (χ1v) is 9.14. The van der Waals surface area contributed by atoms with E-state index < -0.39 is 0 Å². The lowest BCUT2D eigenvalue weighted by atomic mass is 10.1. The van der Waals surface area contributed by atoms with Crippen molar-refractivity contribution in [3.63, 3.8) is 0 Å². The van der Waals surface area contributed by atoms with Crippen molar-refractivity contribution in [3.05, 3.63) is 28.8 Å². The maximum atomic E-state index is 6.51. The Morgan fingerprint density at radius 3 is 2.56 bits per heavy atom. The van der Waals surface area contributed by atoms with E-state index in [1.165, 1.54) is 12.1 Å². The number of halogens is 2. The third-order valence-corrected chi connectivity index (χ3v) is 5.38. The van der Waals surface area contributed by atoms with Crippen LogP contribution in [0.2, 0.25) is 5.02 Å². The van der Waals surface area contributed by atoms with E-state index in [1.54, 1.807) is 0 Å². The van der Waals surface area contributed by atoms with Crippen LogP contribution in [-0.4, -0.2) is 57.2 Å². The molecule has 3 rings (SSSR count). The molecule has 2 aliphatic rings. The van der Waals surface area contributed by atoms with Crippen molar-refractivity contribution in [2.24, 2.45) is 10.9 Å². The number of anilines is 1. The highest BCUT2D eigenvalue weighted by molar-refractivity contribution is 14.0. The summed E-state index contributed by atoms with van der Waals surface area (Å²) in [4.78, 5) is 9.13. The van der Waals surface area contributed by atoms with E-state index >= 15 is 0 Å². The number of benzene rings is 1. The van der Waals surface area contributed by atoms with Crippen molar-refractivity contribution in [2.75, 3.05) is 45.2 Å². The highest BCUT2D eigenvalue weighted by Gasteiger charge is 2.33. The first kappa shape index (κ1) is 20.6. The summed E-state index contributed by atoms with van der Waals surface area (Å²) >= 11 is 6.51. The molecule has 1 saturated heterocycles. The van der Waals surface area contributed by atoms with Crippen molar-refractivity contribution in [2.45, 2.75) is 25.9 Å². The summed E-state index contributed by atoms with van der Waals surface area (Å²) in [5.41, 5.74) is 2.38. The van der Waals surface area contributed by atoms with Gasteiger partial charge in [0.25, 0.3) is 0 Å². The third-order valence-electron chi connectivity index (χ3n) is 5.03. The van der Waals surface area contributed by atoms with E-state index in [2.05, 4.69) is 45.5 Å². The fourth-order valence-corrected chi connectivity index (χ4v) is 3.37. The molecule has 1 aliphatic heterocycles. The fraction of sp³-hybridized carbons (Fsp3) is 0.611. The van der Waals surface area contributed by atoms with Crippen LogP contribution in [0.1, 0.15) is 18.9 Å². The molecular formula is C18H29ClIN5. The monoisotopic (exact) mass is 477 g/mol. The van der Waals surface area contributed by atoms with Crippen LogP contribution < -0.4 is 15.5 Å². The number of hydrogen-bond donors (Lipinski definition) is 2. The quantitative estimate of drug-likeness (QED) is 0.398. The van der Waals surface area contributed by atoms with Crippen LogP contribution >= 0.6 is 35.6 Å². The van der Waals surface area contributed by atoms with Gasteiger partial charge in [-0.15, -0.1) is 24.0 Å². The number of aliphatic imine (C=N–C) groups is 1. The molecule has 1 saturated carbocycles. The zero-order valence-corrected chi connectivity index (χ0v) is 18.3. The second-order valence-corrected chi connectivity index (χ2v) is 7.32. The molecule has 2 N–H and O–H groups in total. The Morgan fingerprint density at radius 1 is 1.28 bits per heavy atom. The highest BCUT2D eigenvalue weighted by Crippen LogP contribution is 2.30. The predicted molar refractivity (Wildman–Crippen MR) is 117 cm³/mol. The number of guanidine groups is 1. The molecule has 0 aromatic heterocycles. The molecule has 1 aliphatic carbocycles. The molecule has 2 fully saturated rings. The van der Waals surface area contributed by atoms with E-state index in [0.717, 1.165) is 48.6 Å². The molecule has 0 radical (unpaired) electrons. The van der Waals surface area contributed by atoms with Crippen LogP contribution in [0, 0.1) is 5.92 Å². The van der Waals surface area contributed by atoms with E-state index in [0.29, 0.717) is 12.6 Å². The van der Waals surface area contributed by atoms with Gasteiger partial charge in [0.05, 0.1) is 0 Å². The zero-order chi connectivity index (χ0) is 17.1. The van der Waals surface area contributed by atoms with Gasteiger partial charge in [-0.1, -0.05) is 24.6 Å². The summed E-state index contributed by atoms with van der Waals surface area (Å²) in [6, 6.07) is 6.74. The van der Waals surface area contributed by atoms with E-state index in [-0.39, 0.29) is 24.0 Å². The Kier molecular flexibility index (Phi) is 7.64. The largest absolute Gasteiger partial charge is 0.369 e. The number of likely N-dealkylation sites (N-methyl/N-ethyl adjacent to an activating group) is 1. The topological polar surface area (TPSA) is 42.9 Å². The summed E-state index contributed by atoms with van der Waals surface area (Å²) in [6.07, 6.45) is 1.22. The molecule has 7 heteroatoms. The molecule has 2 unspecified atom stereocenters. The van der Waals surface area contributed by atoms with Crippen molar-refractivity contribution in [3.8, 4) is 0 Å². The van der Waals surface area contributed by atoms with Gasteiger partial charge in [-0.05, 0) is 31.5 Å². The van der Waals surface area contributed by atoms with Gasteiger partial charge in [-0.2, -0.15) is 0 Å². The molecule has 0 spiro atoms. The van der Waals surface area contributed by atoms with Crippen molar-refractivity contribution >= 4 is 47.2 Å². The number of nitrogens with one attached hydrogen (secondary N) is 2. The van der Waals surface area contributed by atoms with Crippen LogP contribution in [0.3, 0.4) is 0 Å². The van der Waals surface area contributed by atoms with Crippen molar-refractivity contribution in [1.29, 1.82) is 0 Å². The van der Waals surface area contributed by atoms with Gasteiger partial charge in [0.15, 0.2) is 5.96 Å². The van der Waals surface area contributed by atoms with Crippen LogP contribution in [0.5, 0.6) is 0 Å². The second kappa shape index (κ2) is 9.28. The average molecular weight is 478 g/mol. The molecule has 25 heavy (non-hydrogen) atoms. The number of nitrogens with zero attached hydrogens (tertiary/aromatic N) is 3. The molecule has 0 amide bonds. The lowest BCUT2D eigenvalue weighted by Crippen LogP contribution is -2.45. The number of hydrogen-bond acceptors (Lipinski definition) is 3. The zero-order valence-electron chi connectivity index (χ0n) is 15.3. The molecular weight excluding hydrogens is 449 g/mol. The number of rotatable bonds is 4. The summed E-state index contributed by atoms with van der Waals surface area (Å²) in [5.74, 6) is 1.60. The maximum absolute atomic E-state index is 6.51. The molecule has 1 heterocycles. The van der Waals surface area contributed by atoms with Crippen LogP contribution in [0.15, 0.2) is 23.2 Å². The summed E-state index contributed by atoms with van der Waals surface area (Å²) in [7, 11) is 3.99. The second-order valence-electron chi connectivity index (χ2n) is 6.92. The Bertz CT molecular complexity index is 601. The van der Waals surface area contributed by atoms with Crippen molar-refractivity contribution in [1.82, 2.24) is 15.5 Å². The van der Waals surface area contributed by atoms with Crippen LogP contribution in [0.4, 0.5) is 5.69 Å². The molecule has 1 aromatic carbocycles. The Hall–Kier alpha value is -0.730. The van der Waals surface area contributed by atoms with Gasteiger partial charge in [0.1, 0.15) is 0 Å². The predicted octanol–water partition coefficient (Wildman–Crippen LogP) is 2.78. The van der Waals surface area contributed by atoms with Gasteiger partial charge in [-0.3, -0.25) is 4.99 Å². The van der Waals surface area contributed by atoms with Gasteiger partial charge < -0.3 is 20.4 Å². The van der Waals surface area contributed by atoms with E-state index in [1.807, 2.05) is 19.2 Å². The molecule has 2 atom stereocenters. The van der Waals surface area contributed by atoms with Gasteiger partial charge in [0.2, 0.25) is 0 Å². The Morgan fingerprint density at radius 2 is 1.96 bits per heavy atom. The van der Waals surface area contributed by atoms with Crippen LogP contribution in [-0.2, 0) is 6.54 Å². The SMILES string of the molecule is CN=C(NCc1c(Cl)cccc1N1CCN(C)CC1)NC1CC1C.I. The molecule has 1 aromatic rings. The summed E-state index contributed by atoms with van der Waals surface area (Å²) < 4.78 is 0. The smallest absolute Gasteiger partial charge is 0.191 e. The minimum Gasteiger partial charge on any atom is -0.369 e. The summed E-state index contributed by atoms with van der Waals surface area (Å²) in [5, 5.41) is 7.70. The lowest BCUT2D eigenvalue weighted by molar-refractivity contribution is 0.312. The number of piperazine rings is 1. The highest BCUT2D eigenvalue weighted by atomic mass is 127. The van der Waals surface area contributed by atoms with Gasteiger partial charge >= 0.3 is 0 Å². The first-order chi connectivity index (χ1) is 11.6. The van der Waals surface area contributed by atoms with E-state index in [9.17, 15) is 0 Å². The minimum absolute atomic E-state index is 0. The normalized spacial score (nSPS) is 23.8. The molecule has 140 valence electrons. The van der Waals surface area contributed by atoms with Crippen LogP contribution in [0.25, 0.3) is 0 Å². The molecule has 0 bridgehead atoms. The van der Waals surface area contributed by atoms with E-state index in [4.69, 9.17) is 11.6 Å². The minimum atomic E-state index is 0. The third kappa shape index (κ3) is 5.37. The fourth-order valence-electron chi connectivity index (χ4n) is 3.13. The lowest BCUT2D eigenvalue weighted by Gasteiger charge is -2.35. The Labute approximate surface area is 173 Å². The Balaban J connectivity index is 0.00000225.